The first-order valence-electron chi connectivity index (χ1n) is 9.20. The Labute approximate surface area is 150 Å². The highest BCUT2D eigenvalue weighted by atomic mass is 16.5. The average Bonchev–Trinajstić information content (AvgIpc) is 3.27. The summed E-state index contributed by atoms with van der Waals surface area (Å²) >= 11 is 0. The lowest BCUT2D eigenvalue weighted by Gasteiger charge is -2.27. The van der Waals surface area contributed by atoms with Crippen LogP contribution in [0.25, 0.3) is 0 Å². The van der Waals surface area contributed by atoms with Crippen LogP contribution in [-0.2, 0) is 6.54 Å². The van der Waals surface area contributed by atoms with Gasteiger partial charge in [0.2, 0.25) is 0 Å². The van der Waals surface area contributed by atoms with E-state index in [0.717, 1.165) is 30.7 Å². The molecule has 2 aliphatic heterocycles. The lowest BCUT2D eigenvalue weighted by atomic mass is 9.89. The molecule has 2 saturated heterocycles. The summed E-state index contributed by atoms with van der Waals surface area (Å²) in [4.78, 5) is 5.16. The molecule has 0 saturated carbocycles. The van der Waals surface area contributed by atoms with Crippen LogP contribution in [0.2, 0.25) is 0 Å². The van der Waals surface area contributed by atoms with Gasteiger partial charge in [0.25, 0.3) is 0 Å². The predicted octanol–water partition coefficient (Wildman–Crippen LogP) is 2.43. The molecule has 0 spiro atoms. The summed E-state index contributed by atoms with van der Waals surface area (Å²) in [5.41, 5.74) is 2.66. The molecule has 1 aromatic carbocycles. The zero-order valence-corrected chi connectivity index (χ0v) is 15.4. The molecule has 2 aromatic rings. The number of nitrogens with zero attached hydrogens (tertiary/aromatic N) is 4. The Morgan fingerprint density at radius 3 is 2.56 bits per heavy atom. The van der Waals surface area contributed by atoms with Gasteiger partial charge in [0, 0.05) is 44.1 Å². The third kappa shape index (κ3) is 3.18. The van der Waals surface area contributed by atoms with E-state index in [0.29, 0.717) is 6.04 Å². The van der Waals surface area contributed by atoms with Crippen molar-refractivity contribution in [3.05, 3.63) is 47.8 Å². The molecule has 3 heterocycles. The highest BCUT2D eigenvalue weighted by Gasteiger charge is 2.45. The quantitative estimate of drug-likeness (QED) is 0.837. The summed E-state index contributed by atoms with van der Waals surface area (Å²) in [7, 11) is 3.99. The number of aryl methyl sites for hydroxylation is 1. The minimum atomic E-state index is 0.521. The number of hydrogen-bond donors (Lipinski definition) is 0. The topological polar surface area (TPSA) is 33.5 Å². The molecule has 134 valence electrons. The number of hydrogen-bond acceptors (Lipinski definition) is 4. The van der Waals surface area contributed by atoms with E-state index >= 15 is 0 Å². The van der Waals surface area contributed by atoms with Gasteiger partial charge in [-0.25, -0.2) is 0 Å². The van der Waals surface area contributed by atoms with Gasteiger partial charge < -0.3 is 9.64 Å². The van der Waals surface area contributed by atoms with Crippen LogP contribution in [0.1, 0.15) is 17.3 Å². The maximum absolute atomic E-state index is 5.31. The van der Waals surface area contributed by atoms with E-state index < -0.39 is 0 Å². The van der Waals surface area contributed by atoms with Crippen LogP contribution in [0.4, 0.5) is 0 Å². The van der Waals surface area contributed by atoms with Crippen LogP contribution in [-0.4, -0.2) is 59.9 Å². The van der Waals surface area contributed by atoms with E-state index in [1.54, 1.807) is 7.11 Å². The standard InChI is InChI=1S/C20H28N4O/c1-15-8-9-21-24(15)11-10-23-13-17-12-22(2)20(19(17)14-23)16-4-6-18(25-3)7-5-16/h4-9,17,19-20H,10-14H2,1-3H3/t17-,19+,20+/m0/s1. The molecule has 0 aliphatic carbocycles. The second-order valence-corrected chi connectivity index (χ2v) is 7.54. The van der Waals surface area contributed by atoms with Crippen molar-refractivity contribution < 1.29 is 4.74 Å². The third-order valence-corrected chi connectivity index (χ3v) is 5.98. The summed E-state index contributed by atoms with van der Waals surface area (Å²) in [6.45, 7) is 7.79. The number of ether oxygens (including phenoxy) is 1. The van der Waals surface area contributed by atoms with Crippen molar-refractivity contribution in [2.45, 2.75) is 19.5 Å². The van der Waals surface area contributed by atoms with Crippen molar-refractivity contribution in [1.82, 2.24) is 19.6 Å². The summed E-state index contributed by atoms with van der Waals surface area (Å²) in [5.74, 6) is 2.43. The Balaban J connectivity index is 1.42. The van der Waals surface area contributed by atoms with Crippen molar-refractivity contribution in [2.24, 2.45) is 11.8 Å². The van der Waals surface area contributed by atoms with E-state index in [-0.39, 0.29) is 0 Å². The Kier molecular flexibility index (Phi) is 4.52. The highest BCUT2D eigenvalue weighted by Crippen LogP contribution is 2.44. The number of methoxy groups -OCH3 is 1. The maximum Gasteiger partial charge on any atom is 0.118 e. The summed E-state index contributed by atoms with van der Waals surface area (Å²) in [6.07, 6.45) is 1.89. The zero-order valence-electron chi connectivity index (χ0n) is 15.4. The van der Waals surface area contributed by atoms with Gasteiger partial charge in [0.15, 0.2) is 0 Å². The van der Waals surface area contributed by atoms with E-state index in [9.17, 15) is 0 Å². The first-order valence-corrected chi connectivity index (χ1v) is 9.20. The minimum absolute atomic E-state index is 0.521. The van der Waals surface area contributed by atoms with Crippen molar-refractivity contribution in [1.29, 1.82) is 0 Å². The van der Waals surface area contributed by atoms with Crippen LogP contribution in [0.5, 0.6) is 5.75 Å². The smallest absolute Gasteiger partial charge is 0.118 e. The molecule has 0 bridgehead atoms. The first-order chi connectivity index (χ1) is 12.2. The normalized spacial score (nSPS) is 26.9. The van der Waals surface area contributed by atoms with E-state index in [1.165, 1.54) is 30.9 Å². The molecule has 0 amide bonds. The molecule has 1 aromatic heterocycles. The fourth-order valence-corrected chi connectivity index (χ4v) is 4.70. The van der Waals surface area contributed by atoms with Gasteiger partial charge in [0.05, 0.1) is 13.7 Å². The molecule has 5 heteroatoms. The first kappa shape index (κ1) is 16.6. The minimum Gasteiger partial charge on any atom is -0.497 e. The number of benzene rings is 1. The van der Waals surface area contributed by atoms with Crippen molar-refractivity contribution in [3.63, 3.8) is 0 Å². The SMILES string of the molecule is COc1ccc([C@@H]2[C@@H]3CN(CCn4nccc4C)C[C@@H]3CN2C)cc1. The third-order valence-electron chi connectivity index (χ3n) is 5.98. The Hall–Kier alpha value is -1.85. The molecule has 0 unspecified atom stereocenters. The van der Waals surface area contributed by atoms with Crippen molar-refractivity contribution >= 4 is 0 Å². The van der Waals surface area contributed by atoms with Gasteiger partial charge >= 0.3 is 0 Å². The van der Waals surface area contributed by atoms with Gasteiger partial charge in [-0.2, -0.15) is 5.10 Å². The fraction of sp³-hybridized carbons (Fsp3) is 0.550. The maximum atomic E-state index is 5.31. The average molecular weight is 340 g/mol. The molecule has 2 aliphatic rings. The van der Waals surface area contributed by atoms with Gasteiger partial charge in [0.1, 0.15) is 5.75 Å². The van der Waals surface area contributed by atoms with E-state index in [2.05, 4.69) is 63.9 Å². The van der Waals surface area contributed by atoms with Gasteiger partial charge in [-0.05, 0) is 49.6 Å². The predicted molar refractivity (Wildman–Crippen MR) is 98.7 cm³/mol. The molecule has 0 radical (unpaired) electrons. The molecule has 3 atom stereocenters. The second kappa shape index (κ2) is 6.81. The number of rotatable bonds is 5. The van der Waals surface area contributed by atoms with Gasteiger partial charge in [-0.3, -0.25) is 9.58 Å². The summed E-state index contributed by atoms with van der Waals surface area (Å²) in [5, 5.41) is 4.41. The fourth-order valence-electron chi connectivity index (χ4n) is 4.70. The summed E-state index contributed by atoms with van der Waals surface area (Å²) in [6, 6.07) is 11.2. The molecular weight excluding hydrogens is 312 g/mol. The van der Waals surface area contributed by atoms with Crippen LogP contribution < -0.4 is 4.74 Å². The van der Waals surface area contributed by atoms with Crippen LogP contribution >= 0.6 is 0 Å². The van der Waals surface area contributed by atoms with Gasteiger partial charge in [-0.15, -0.1) is 0 Å². The lowest BCUT2D eigenvalue weighted by molar-refractivity contribution is 0.222. The molecule has 4 rings (SSSR count). The second-order valence-electron chi connectivity index (χ2n) is 7.54. The van der Waals surface area contributed by atoms with E-state index in [1.807, 2.05) is 6.20 Å². The largest absolute Gasteiger partial charge is 0.497 e. The number of likely N-dealkylation sites (tertiary alicyclic amines) is 2. The van der Waals surface area contributed by atoms with Crippen LogP contribution in [0, 0.1) is 18.8 Å². The molecule has 25 heavy (non-hydrogen) atoms. The highest BCUT2D eigenvalue weighted by molar-refractivity contribution is 5.30. The molecule has 2 fully saturated rings. The molecule has 0 N–H and O–H groups in total. The van der Waals surface area contributed by atoms with Crippen LogP contribution in [0.15, 0.2) is 36.5 Å². The zero-order chi connectivity index (χ0) is 17.4. The summed E-state index contributed by atoms with van der Waals surface area (Å²) < 4.78 is 7.42. The number of aromatic nitrogens is 2. The Morgan fingerprint density at radius 1 is 1.08 bits per heavy atom. The monoisotopic (exact) mass is 340 g/mol. The van der Waals surface area contributed by atoms with Crippen molar-refractivity contribution in [3.8, 4) is 5.75 Å². The lowest BCUT2D eigenvalue weighted by Crippen LogP contribution is -2.31. The van der Waals surface area contributed by atoms with Crippen LogP contribution in [0.3, 0.4) is 0 Å². The number of fused-ring (bicyclic) bond motifs is 1. The van der Waals surface area contributed by atoms with Gasteiger partial charge in [-0.1, -0.05) is 12.1 Å². The van der Waals surface area contributed by atoms with Crippen molar-refractivity contribution in [2.75, 3.05) is 40.3 Å². The Morgan fingerprint density at radius 2 is 1.88 bits per heavy atom. The Bertz CT molecular complexity index is 711. The molecular formula is C20H28N4O. The molecule has 5 nitrogen and oxygen atoms in total. The van der Waals surface area contributed by atoms with E-state index in [4.69, 9.17) is 4.74 Å².